The molecule has 6 nitrogen and oxygen atoms in total. The third-order valence-corrected chi connectivity index (χ3v) is 5.09. The van der Waals surface area contributed by atoms with Gasteiger partial charge in [-0.2, -0.15) is 9.64 Å². The zero-order chi connectivity index (χ0) is 14.1. The first-order valence-corrected chi connectivity index (χ1v) is 7.66. The lowest BCUT2D eigenvalue weighted by atomic mass is 10.2. The molecule has 2 atom stereocenters. The summed E-state index contributed by atoms with van der Waals surface area (Å²) in [5.74, 6) is 0. The molecule has 0 unspecified atom stereocenters. The van der Waals surface area contributed by atoms with Crippen LogP contribution in [0, 0.1) is 11.3 Å². The summed E-state index contributed by atoms with van der Waals surface area (Å²) in [5, 5.41) is 20.4. The van der Waals surface area contributed by atoms with Crippen molar-refractivity contribution < 1.29 is 9.84 Å². The number of aliphatic hydroxyl groups excluding tert-OH is 1. The number of nitrogens with zero attached hydrogens (tertiary/aromatic N) is 4. The topological polar surface area (TPSA) is 72.6 Å². The monoisotopic (exact) mass is 314 g/mol. The molecule has 0 amide bonds. The van der Waals surface area contributed by atoms with Gasteiger partial charge in [0.05, 0.1) is 25.4 Å². The lowest BCUT2D eigenvalue weighted by Crippen LogP contribution is -2.48. The molecule has 0 spiro atoms. The second-order valence-corrected chi connectivity index (χ2v) is 6.06. The van der Waals surface area contributed by atoms with E-state index in [-0.39, 0.29) is 11.2 Å². The van der Waals surface area contributed by atoms with Gasteiger partial charge in [-0.25, -0.2) is 0 Å². The molecule has 3 rings (SSSR count). The Labute approximate surface area is 126 Å². The molecule has 3 heterocycles. The number of anilines is 1. The molecule has 2 aliphatic heterocycles. The van der Waals surface area contributed by atoms with Crippen LogP contribution in [0.15, 0.2) is 0 Å². The van der Waals surface area contributed by atoms with Crippen LogP contribution in [0.1, 0.15) is 5.56 Å². The number of ether oxygens (including phenoxy) is 1. The predicted molar refractivity (Wildman–Crippen MR) is 76.2 cm³/mol. The number of aliphatic hydroxyl groups is 1. The van der Waals surface area contributed by atoms with Crippen LogP contribution in [-0.4, -0.2) is 65.9 Å². The fraction of sp³-hybridized carbons (Fsp3) is 0.667. The Morgan fingerprint density at radius 2 is 2.15 bits per heavy atom. The molecule has 0 aliphatic carbocycles. The molecule has 2 saturated heterocycles. The average Bonchev–Trinajstić information content (AvgIpc) is 3.02. The second kappa shape index (κ2) is 5.84. The van der Waals surface area contributed by atoms with E-state index in [1.807, 2.05) is 4.90 Å². The number of halogens is 1. The Balaban J connectivity index is 1.76. The van der Waals surface area contributed by atoms with E-state index in [9.17, 15) is 5.11 Å². The molecular weight excluding hydrogens is 300 g/mol. The van der Waals surface area contributed by atoms with Crippen molar-refractivity contribution in [3.63, 3.8) is 0 Å². The summed E-state index contributed by atoms with van der Waals surface area (Å²) < 4.78 is 9.36. The molecule has 0 bridgehead atoms. The van der Waals surface area contributed by atoms with Crippen LogP contribution >= 0.6 is 23.1 Å². The van der Waals surface area contributed by atoms with Crippen molar-refractivity contribution in [2.24, 2.45) is 0 Å². The summed E-state index contributed by atoms with van der Waals surface area (Å²) in [4.78, 5) is 4.26. The first kappa shape index (κ1) is 14.0. The molecule has 0 saturated carbocycles. The van der Waals surface area contributed by atoms with E-state index >= 15 is 0 Å². The molecule has 1 aromatic rings. The lowest BCUT2D eigenvalue weighted by molar-refractivity contribution is -0.00588. The quantitative estimate of drug-likeness (QED) is 0.859. The molecule has 0 radical (unpaired) electrons. The van der Waals surface area contributed by atoms with Gasteiger partial charge in [-0.05, 0) is 11.5 Å². The highest BCUT2D eigenvalue weighted by Crippen LogP contribution is 2.34. The zero-order valence-electron chi connectivity index (χ0n) is 10.8. The standard InChI is InChI=1S/C12H15ClN4O2S/c13-11-8(5-14)12(20-15-11)17-6-9(10(18)7-17)16-1-3-19-4-2-16/h9-10,18H,1-4,6-7H2/t9-,10-/m1/s1. The van der Waals surface area contributed by atoms with E-state index in [4.69, 9.17) is 21.6 Å². The van der Waals surface area contributed by atoms with E-state index < -0.39 is 6.10 Å². The van der Waals surface area contributed by atoms with Crippen molar-refractivity contribution >= 4 is 28.1 Å². The van der Waals surface area contributed by atoms with Crippen molar-refractivity contribution in [1.82, 2.24) is 9.27 Å². The Morgan fingerprint density at radius 3 is 2.85 bits per heavy atom. The third-order valence-electron chi connectivity index (χ3n) is 3.81. The Morgan fingerprint density at radius 1 is 1.40 bits per heavy atom. The molecule has 1 N–H and O–H groups in total. The number of morpholine rings is 1. The molecule has 2 fully saturated rings. The largest absolute Gasteiger partial charge is 0.390 e. The SMILES string of the molecule is N#Cc1c(Cl)nsc1N1C[C@@H](O)[C@H](N2CCOCC2)C1. The van der Waals surface area contributed by atoms with E-state index in [1.165, 1.54) is 11.5 Å². The van der Waals surface area contributed by atoms with Gasteiger partial charge >= 0.3 is 0 Å². The highest BCUT2D eigenvalue weighted by Gasteiger charge is 2.37. The molecule has 2 aliphatic rings. The Kier molecular flexibility index (Phi) is 4.10. The summed E-state index contributed by atoms with van der Waals surface area (Å²) in [6.45, 7) is 4.29. The van der Waals surface area contributed by atoms with Gasteiger partial charge in [-0.3, -0.25) is 4.90 Å². The molecular formula is C12H15ClN4O2S. The first-order chi connectivity index (χ1) is 9.70. The van der Waals surface area contributed by atoms with Gasteiger partial charge in [0.1, 0.15) is 16.6 Å². The van der Waals surface area contributed by atoms with Gasteiger partial charge in [-0.15, -0.1) is 0 Å². The maximum absolute atomic E-state index is 10.3. The molecule has 108 valence electrons. The van der Waals surface area contributed by atoms with Crippen molar-refractivity contribution in [2.75, 3.05) is 44.3 Å². The summed E-state index contributed by atoms with van der Waals surface area (Å²) >= 11 is 7.12. The first-order valence-electron chi connectivity index (χ1n) is 6.50. The Hall–Kier alpha value is -0.910. The Bertz CT molecular complexity index is 526. The molecule has 20 heavy (non-hydrogen) atoms. The van der Waals surface area contributed by atoms with Gasteiger partial charge in [0, 0.05) is 26.2 Å². The van der Waals surface area contributed by atoms with Crippen LogP contribution in [0.4, 0.5) is 5.00 Å². The van der Waals surface area contributed by atoms with Crippen LogP contribution in [0.3, 0.4) is 0 Å². The number of hydrogen-bond acceptors (Lipinski definition) is 7. The van der Waals surface area contributed by atoms with E-state index in [2.05, 4.69) is 15.3 Å². The van der Waals surface area contributed by atoms with Crippen LogP contribution in [0.25, 0.3) is 0 Å². The van der Waals surface area contributed by atoms with E-state index in [1.54, 1.807) is 0 Å². The number of hydrogen-bond donors (Lipinski definition) is 1. The predicted octanol–water partition coefficient (Wildman–Crippen LogP) is 0.550. The highest BCUT2D eigenvalue weighted by molar-refractivity contribution is 7.10. The van der Waals surface area contributed by atoms with Crippen LogP contribution in [0.2, 0.25) is 5.15 Å². The van der Waals surface area contributed by atoms with Gasteiger partial charge in [-0.1, -0.05) is 11.6 Å². The minimum absolute atomic E-state index is 0.0753. The maximum Gasteiger partial charge on any atom is 0.162 e. The maximum atomic E-state index is 10.3. The van der Waals surface area contributed by atoms with Gasteiger partial charge in [0.25, 0.3) is 0 Å². The fourth-order valence-corrected chi connectivity index (χ4v) is 3.82. The van der Waals surface area contributed by atoms with Crippen molar-refractivity contribution in [2.45, 2.75) is 12.1 Å². The normalized spacial score (nSPS) is 27.8. The molecule has 1 aromatic heterocycles. The minimum atomic E-state index is -0.430. The van der Waals surface area contributed by atoms with Crippen molar-refractivity contribution in [3.05, 3.63) is 10.7 Å². The highest BCUT2D eigenvalue weighted by atomic mass is 35.5. The zero-order valence-corrected chi connectivity index (χ0v) is 12.4. The van der Waals surface area contributed by atoms with Crippen LogP contribution in [-0.2, 0) is 4.74 Å². The van der Waals surface area contributed by atoms with E-state index in [0.717, 1.165) is 18.1 Å². The lowest BCUT2D eigenvalue weighted by Gasteiger charge is -2.33. The minimum Gasteiger partial charge on any atom is -0.390 e. The fourth-order valence-electron chi connectivity index (χ4n) is 2.78. The second-order valence-electron chi connectivity index (χ2n) is 4.95. The molecule has 8 heteroatoms. The van der Waals surface area contributed by atoms with Crippen molar-refractivity contribution in [3.8, 4) is 6.07 Å². The molecule has 0 aromatic carbocycles. The number of β-amino-alcohol motifs (C(OH)–C–C–N with tert-alkyl or cyclic N) is 1. The summed E-state index contributed by atoms with van der Waals surface area (Å²) in [5.41, 5.74) is 0.409. The third kappa shape index (κ3) is 2.50. The summed E-state index contributed by atoms with van der Waals surface area (Å²) in [7, 11) is 0. The smallest absolute Gasteiger partial charge is 0.162 e. The number of nitriles is 1. The summed E-state index contributed by atoms with van der Waals surface area (Å²) in [6.07, 6.45) is -0.430. The van der Waals surface area contributed by atoms with E-state index in [0.29, 0.717) is 31.9 Å². The number of aromatic nitrogens is 1. The van der Waals surface area contributed by atoms with Gasteiger partial charge in [0.2, 0.25) is 0 Å². The summed E-state index contributed by atoms with van der Waals surface area (Å²) in [6, 6.07) is 2.16. The van der Waals surface area contributed by atoms with Crippen LogP contribution < -0.4 is 4.90 Å². The van der Waals surface area contributed by atoms with Crippen LogP contribution in [0.5, 0.6) is 0 Å². The number of rotatable bonds is 2. The van der Waals surface area contributed by atoms with Gasteiger partial charge in [0.15, 0.2) is 5.15 Å². The van der Waals surface area contributed by atoms with Gasteiger partial charge < -0.3 is 14.7 Å². The average molecular weight is 315 g/mol. The van der Waals surface area contributed by atoms with Crippen molar-refractivity contribution in [1.29, 1.82) is 5.26 Å².